The lowest BCUT2D eigenvalue weighted by molar-refractivity contribution is 0.294. The molecule has 0 amide bonds. The highest BCUT2D eigenvalue weighted by atomic mass is 32.1. The fraction of sp³-hybridized carbons (Fsp3) is 0.417. The van der Waals surface area contributed by atoms with Crippen LogP contribution < -0.4 is 9.47 Å². The summed E-state index contributed by atoms with van der Waals surface area (Å²) in [6.45, 7) is 6.94. The third-order valence-corrected chi connectivity index (χ3v) is 6.45. The van der Waals surface area contributed by atoms with Gasteiger partial charge in [0.2, 0.25) is 0 Å². The molecule has 152 valence electrons. The molecule has 3 aromatic rings. The molecule has 4 rings (SSSR count). The van der Waals surface area contributed by atoms with Crippen molar-refractivity contribution in [3.8, 4) is 11.5 Å². The minimum absolute atomic E-state index is 0.347. The number of imidazole rings is 1. The van der Waals surface area contributed by atoms with Crippen molar-refractivity contribution in [2.45, 2.75) is 46.0 Å². The van der Waals surface area contributed by atoms with E-state index in [0.717, 1.165) is 29.1 Å². The van der Waals surface area contributed by atoms with Gasteiger partial charge in [-0.3, -0.25) is 4.57 Å². The molecule has 4 nitrogen and oxygen atoms in total. The predicted molar refractivity (Wildman–Crippen MR) is 121 cm³/mol. The van der Waals surface area contributed by atoms with E-state index in [4.69, 9.17) is 21.7 Å². The second-order valence-corrected chi connectivity index (χ2v) is 8.50. The fourth-order valence-corrected chi connectivity index (χ4v) is 5.00. The van der Waals surface area contributed by atoms with E-state index in [-0.39, 0.29) is 0 Å². The Kier molecular flexibility index (Phi) is 5.59. The van der Waals surface area contributed by atoms with Gasteiger partial charge < -0.3 is 9.47 Å². The molecule has 2 atom stereocenters. The molecule has 1 aliphatic rings. The van der Waals surface area contributed by atoms with E-state index >= 15 is 0 Å². The number of fused-ring (bicyclic) bond motifs is 2. The van der Waals surface area contributed by atoms with E-state index < -0.39 is 0 Å². The average Bonchev–Trinajstić information content (AvgIpc) is 3.16. The molecule has 1 aromatic heterocycles. The molecule has 0 N–H and O–H groups in total. The van der Waals surface area contributed by atoms with Gasteiger partial charge in [-0.2, -0.15) is 0 Å². The molecule has 0 spiro atoms. The molecular weight excluding hydrogens is 380 g/mol. The normalized spacial score (nSPS) is 18.7. The standard InChI is InChI=1S/C24H28N2O2S/c1-5-16-10-11-17-12-22(21(27-4)13-18(17)23(16)15(2)3)28-24(29)26-14-25-19-8-6-7-9-20(19)26/h6-9,12-16,23H,5,10-11H2,1-4H3. The molecule has 0 aliphatic heterocycles. The number of hydrogen-bond acceptors (Lipinski definition) is 4. The van der Waals surface area contributed by atoms with Gasteiger partial charge in [0.15, 0.2) is 11.5 Å². The van der Waals surface area contributed by atoms with Crippen molar-refractivity contribution < 1.29 is 9.47 Å². The maximum absolute atomic E-state index is 6.13. The lowest BCUT2D eigenvalue weighted by Crippen LogP contribution is -2.25. The van der Waals surface area contributed by atoms with E-state index in [0.29, 0.717) is 22.8 Å². The van der Waals surface area contributed by atoms with E-state index in [1.165, 1.54) is 24.0 Å². The van der Waals surface area contributed by atoms with Crippen molar-refractivity contribution in [1.29, 1.82) is 0 Å². The second kappa shape index (κ2) is 8.15. The molecular formula is C24H28N2O2S. The topological polar surface area (TPSA) is 36.3 Å². The molecule has 0 bridgehead atoms. The van der Waals surface area contributed by atoms with Crippen LogP contribution in [0.1, 0.15) is 50.7 Å². The Bertz CT molecular complexity index is 1040. The lowest BCUT2D eigenvalue weighted by Gasteiger charge is -2.36. The summed E-state index contributed by atoms with van der Waals surface area (Å²) in [5.74, 6) is 3.27. The first-order chi connectivity index (χ1) is 14.0. The van der Waals surface area contributed by atoms with Gasteiger partial charge in [-0.05, 0) is 78.2 Å². The summed E-state index contributed by atoms with van der Waals surface area (Å²) in [4.78, 5) is 4.41. The molecule has 0 fully saturated rings. The van der Waals surface area contributed by atoms with Gasteiger partial charge in [0, 0.05) is 0 Å². The highest BCUT2D eigenvalue weighted by molar-refractivity contribution is 7.80. The number of nitrogens with zero attached hydrogens (tertiary/aromatic N) is 2. The highest BCUT2D eigenvalue weighted by Gasteiger charge is 2.32. The Morgan fingerprint density at radius 1 is 1.24 bits per heavy atom. The molecule has 0 radical (unpaired) electrons. The Morgan fingerprint density at radius 3 is 2.76 bits per heavy atom. The zero-order valence-electron chi connectivity index (χ0n) is 17.5. The van der Waals surface area contributed by atoms with Gasteiger partial charge in [-0.25, -0.2) is 4.98 Å². The van der Waals surface area contributed by atoms with Gasteiger partial charge in [0.05, 0.1) is 18.1 Å². The monoisotopic (exact) mass is 408 g/mol. The lowest BCUT2D eigenvalue weighted by atomic mass is 9.69. The van der Waals surface area contributed by atoms with Gasteiger partial charge >= 0.3 is 0 Å². The van der Waals surface area contributed by atoms with Crippen molar-refractivity contribution >= 4 is 28.4 Å². The summed E-state index contributed by atoms with van der Waals surface area (Å²) >= 11 is 5.59. The number of rotatable bonds is 4. The van der Waals surface area contributed by atoms with Crippen molar-refractivity contribution in [1.82, 2.24) is 9.55 Å². The number of ether oxygens (including phenoxy) is 2. The Balaban J connectivity index is 1.69. The highest BCUT2D eigenvalue weighted by Crippen LogP contribution is 2.46. The van der Waals surface area contributed by atoms with Gasteiger partial charge in [0.25, 0.3) is 5.17 Å². The van der Waals surface area contributed by atoms with Crippen LogP contribution in [0.3, 0.4) is 0 Å². The van der Waals surface area contributed by atoms with E-state index in [9.17, 15) is 0 Å². The Hall–Kier alpha value is -2.40. The summed E-state index contributed by atoms with van der Waals surface area (Å²) < 4.78 is 13.6. The quantitative estimate of drug-likeness (QED) is 0.498. The summed E-state index contributed by atoms with van der Waals surface area (Å²) in [7, 11) is 1.69. The first-order valence-electron chi connectivity index (χ1n) is 10.4. The van der Waals surface area contributed by atoms with Crippen molar-refractivity contribution in [2.75, 3.05) is 7.11 Å². The first kappa shape index (κ1) is 19.9. The smallest absolute Gasteiger partial charge is 0.275 e. The summed E-state index contributed by atoms with van der Waals surface area (Å²) in [6, 6.07) is 12.2. The van der Waals surface area contributed by atoms with Crippen LogP contribution in [0.25, 0.3) is 11.0 Å². The van der Waals surface area contributed by atoms with Crippen molar-refractivity contribution in [2.24, 2.45) is 11.8 Å². The molecule has 2 unspecified atom stereocenters. The van der Waals surface area contributed by atoms with E-state index in [1.54, 1.807) is 18.0 Å². The van der Waals surface area contributed by atoms with Crippen LogP contribution in [0, 0.1) is 11.8 Å². The maximum Gasteiger partial charge on any atom is 0.275 e. The fourth-order valence-electron chi connectivity index (χ4n) is 4.77. The number of aromatic nitrogens is 2. The molecule has 29 heavy (non-hydrogen) atoms. The SMILES string of the molecule is CCC1CCc2cc(OC(=S)n3cnc4ccccc43)c(OC)cc2C1C(C)C. The number of aryl methyl sites for hydroxylation is 1. The zero-order chi connectivity index (χ0) is 20.5. The molecule has 0 saturated carbocycles. The van der Waals surface area contributed by atoms with Crippen LogP contribution in [-0.4, -0.2) is 21.8 Å². The molecule has 1 heterocycles. The van der Waals surface area contributed by atoms with Crippen LogP contribution in [0.4, 0.5) is 0 Å². The molecule has 5 heteroatoms. The number of benzene rings is 2. The minimum Gasteiger partial charge on any atom is -0.493 e. The third kappa shape index (κ3) is 3.64. The second-order valence-electron chi connectivity index (χ2n) is 8.15. The maximum atomic E-state index is 6.13. The summed E-state index contributed by atoms with van der Waals surface area (Å²) in [5.41, 5.74) is 4.57. The first-order valence-corrected chi connectivity index (χ1v) is 10.8. The van der Waals surface area contributed by atoms with E-state index in [2.05, 4.69) is 37.9 Å². The number of thiocarbonyl (C=S) groups is 1. The van der Waals surface area contributed by atoms with Gasteiger partial charge in [-0.15, -0.1) is 0 Å². The van der Waals surface area contributed by atoms with Gasteiger partial charge in [-0.1, -0.05) is 39.3 Å². The minimum atomic E-state index is 0.347. The zero-order valence-corrected chi connectivity index (χ0v) is 18.3. The predicted octanol–water partition coefficient (Wildman–Crippen LogP) is 5.97. The number of hydrogen-bond donors (Lipinski definition) is 0. The molecule has 0 saturated heterocycles. The number of para-hydroxylation sites is 2. The van der Waals surface area contributed by atoms with Crippen LogP contribution in [-0.2, 0) is 6.42 Å². The van der Waals surface area contributed by atoms with Crippen molar-refractivity contribution in [3.05, 3.63) is 53.9 Å². The third-order valence-electron chi connectivity index (χ3n) is 6.17. The Morgan fingerprint density at radius 2 is 2.03 bits per heavy atom. The molecule has 1 aliphatic carbocycles. The van der Waals surface area contributed by atoms with Crippen LogP contribution >= 0.6 is 12.2 Å². The van der Waals surface area contributed by atoms with Gasteiger partial charge in [0.1, 0.15) is 6.33 Å². The van der Waals surface area contributed by atoms with Crippen LogP contribution in [0.15, 0.2) is 42.7 Å². The van der Waals surface area contributed by atoms with Crippen molar-refractivity contribution in [3.63, 3.8) is 0 Å². The van der Waals surface area contributed by atoms with E-state index in [1.807, 2.05) is 24.3 Å². The summed E-state index contributed by atoms with van der Waals surface area (Å²) in [5, 5.41) is 0.347. The summed E-state index contributed by atoms with van der Waals surface area (Å²) in [6.07, 6.45) is 5.20. The van der Waals surface area contributed by atoms with Crippen LogP contribution in [0.2, 0.25) is 0 Å². The average molecular weight is 409 g/mol. The Labute approximate surface area is 177 Å². The molecule has 2 aromatic carbocycles. The number of methoxy groups -OCH3 is 1. The largest absolute Gasteiger partial charge is 0.493 e. The van der Waals surface area contributed by atoms with Crippen LogP contribution in [0.5, 0.6) is 11.5 Å².